The van der Waals surface area contributed by atoms with Crippen molar-refractivity contribution in [3.8, 4) is 11.5 Å². The van der Waals surface area contributed by atoms with Gasteiger partial charge in [0.05, 0.1) is 18.9 Å². The molecule has 1 aliphatic rings. The maximum atomic E-state index is 5.69. The van der Waals surface area contributed by atoms with Crippen LogP contribution in [0.5, 0.6) is 11.5 Å². The summed E-state index contributed by atoms with van der Waals surface area (Å²) in [6, 6.07) is 12.1. The number of fused-ring (bicyclic) bond motifs is 1. The van der Waals surface area contributed by atoms with Gasteiger partial charge in [0, 0.05) is 23.3 Å². The monoisotopic (exact) mass is 273 g/mol. The molecule has 4 heteroatoms. The first kappa shape index (κ1) is 12.4. The fourth-order valence-electron chi connectivity index (χ4n) is 1.87. The maximum absolute atomic E-state index is 5.69. The molecule has 0 atom stereocenters. The highest BCUT2D eigenvalue weighted by Crippen LogP contribution is 2.34. The highest BCUT2D eigenvalue weighted by molar-refractivity contribution is 7.98. The van der Waals surface area contributed by atoms with E-state index in [1.165, 1.54) is 4.90 Å². The third-order valence-electron chi connectivity index (χ3n) is 2.83. The predicted octanol–water partition coefficient (Wildman–Crippen LogP) is 3.54. The van der Waals surface area contributed by atoms with Gasteiger partial charge >= 0.3 is 0 Å². The molecule has 19 heavy (non-hydrogen) atoms. The van der Waals surface area contributed by atoms with Gasteiger partial charge in [0.25, 0.3) is 0 Å². The molecule has 0 spiro atoms. The summed E-state index contributed by atoms with van der Waals surface area (Å²) in [5.41, 5.74) is 1.08. The van der Waals surface area contributed by atoms with Gasteiger partial charge in [-0.3, -0.25) is 4.98 Å². The largest absolute Gasteiger partial charge is 0.490 e. The van der Waals surface area contributed by atoms with Crippen molar-refractivity contribution in [2.45, 2.75) is 17.1 Å². The average molecular weight is 273 g/mol. The number of aromatic nitrogens is 1. The lowest BCUT2D eigenvalue weighted by atomic mass is 10.3. The van der Waals surface area contributed by atoms with Gasteiger partial charge in [0.2, 0.25) is 0 Å². The predicted molar refractivity (Wildman–Crippen MR) is 75.8 cm³/mol. The first-order chi connectivity index (χ1) is 9.42. The molecule has 0 saturated heterocycles. The van der Waals surface area contributed by atoms with Gasteiger partial charge in [-0.1, -0.05) is 6.07 Å². The molecule has 0 radical (unpaired) electrons. The molecule has 1 aromatic carbocycles. The molecule has 0 fully saturated rings. The average Bonchev–Trinajstić information content (AvgIpc) is 2.71. The quantitative estimate of drug-likeness (QED) is 0.801. The second-order valence-corrected chi connectivity index (χ2v) is 5.32. The molecule has 0 bridgehead atoms. The van der Waals surface area contributed by atoms with E-state index in [1.54, 1.807) is 11.8 Å². The third-order valence-corrected chi connectivity index (χ3v) is 3.86. The van der Waals surface area contributed by atoms with Crippen molar-refractivity contribution in [3.05, 3.63) is 48.3 Å². The molecule has 0 aliphatic carbocycles. The first-order valence-corrected chi connectivity index (χ1v) is 7.33. The number of thioether (sulfide) groups is 1. The number of rotatable bonds is 3. The molecule has 98 valence electrons. The minimum Gasteiger partial charge on any atom is -0.490 e. The van der Waals surface area contributed by atoms with E-state index in [2.05, 4.69) is 11.1 Å². The summed E-state index contributed by atoms with van der Waals surface area (Å²) in [4.78, 5) is 5.50. The Balaban J connectivity index is 1.70. The number of nitrogens with zero attached hydrogens (tertiary/aromatic N) is 1. The molecule has 0 amide bonds. The van der Waals surface area contributed by atoms with Crippen LogP contribution in [0.4, 0.5) is 0 Å². The minimum atomic E-state index is 0.724. The van der Waals surface area contributed by atoms with Crippen LogP contribution in [0.3, 0.4) is 0 Å². The minimum absolute atomic E-state index is 0.724. The van der Waals surface area contributed by atoms with Crippen molar-refractivity contribution in [2.24, 2.45) is 0 Å². The Kier molecular flexibility index (Phi) is 3.89. The highest BCUT2D eigenvalue weighted by Gasteiger charge is 2.10. The lowest BCUT2D eigenvalue weighted by Gasteiger charge is -2.09. The molecule has 0 saturated carbocycles. The van der Waals surface area contributed by atoms with Crippen LogP contribution in [-0.2, 0) is 5.75 Å². The standard InChI is InChI=1S/C15H15NO2S/c1-2-7-16-12(4-1)11-19-13-5-6-14-15(10-13)18-9-3-8-17-14/h1-2,4-7,10H,3,8-9,11H2. The second-order valence-electron chi connectivity index (χ2n) is 4.27. The SMILES string of the molecule is c1ccc(CSc2ccc3c(c2)OCCCO3)nc1. The summed E-state index contributed by atoms with van der Waals surface area (Å²) in [6.45, 7) is 1.45. The van der Waals surface area contributed by atoms with E-state index in [9.17, 15) is 0 Å². The highest BCUT2D eigenvalue weighted by atomic mass is 32.2. The molecular formula is C15H15NO2S. The summed E-state index contributed by atoms with van der Waals surface area (Å²) in [5.74, 6) is 2.56. The van der Waals surface area contributed by atoms with Crippen molar-refractivity contribution >= 4 is 11.8 Å². The van der Waals surface area contributed by atoms with Crippen LogP contribution < -0.4 is 9.47 Å². The van der Waals surface area contributed by atoms with Crippen molar-refractivity contribution in [1.29, 1.82) is 0 Å². The third kappa shape index (κ3) is 3.20. The zero-order valence-electron chi connectivity index (χ0n) is 10.5. The van der Waals surface area contributed by atoms with E-state index >= 15 is 0 Å². The Morgan fingerprint density at radius 1 is 1.05 bits per heavy atom. The molecule has 0 N–H and O–H groups in total. The Bertz CT molecular complexity index is 545. The lowest BCUT2D eigenvalue weighted by Crippen LogP contribution is -1.97. The van der Waals surface area contributed by atoms with E-state index < -0.39 is 0 Å². The molecule has 1 aromatic heterocycles. The molecule has 1 aliphatic heterocycles. The summed E-state index contributed by atoms with van der Waals surface area (Å²) >= 11 is 1.76. The smallest absolute Gasteiger partial charge is 0.162 e. The fourth-order valence-corrected chi connectivity index (χ4v) is 2.71. The number of ether oxygens (including phenoxy) is 2. The summed E-state index contributed by atoms with van der Waals surface area (Å²) in [5, 5.41) is 0. The van der Waals surface area contributed by atoms with E-state index in [0.717, 1.165) is 42.6 Å². The van der Waals surface area contributed by atoms with Crippen molar-refractivity contribution in [3.63, 3.8) is 0 Å². The van der Waals surface area contributed by atoms with Crippen LogP contribution >= 0.6 is 11.8 Å². The molecule has 3 rings (SSSR count). The number of hydrogen-bond acceptors (Lipinski definition) is 4. The van der Waals surface area contributed by atoms with Crippen LogP contribution in [0.25, 0.3) is 0 Å². The Hall–Kier alpha value is -1.68. The van der Waals surface area contributed by atoms with Gasteiger partial charge < -0.3 is 9.47 Å². The van der Waals surface area contributed by atoms with Gasteiger partial charge in [0.1, 0.15) is 0 Å². The molecule has 2 aromatic rings. The van der Waals surface area contributed by atoms with Crippen molar-refractivity contribution < 1.29 is 9.47 Å². The van der Waals surface area contributed by atoms with Crippen LogP contribution in [0.1, 0.15) is 12.1 Å². The first-order valence-electron chi connectivity index (χ1n) is 6.34. The Morgan fingerprint density at radius 3 is 2.79 bits per heavy atom. The van der Waals surface area contributed by atoms with E-state index in [0.29, 0.717) is 0 Å². The summed E-state index contributed by atoms with van der Waals surface area (Å²) in [7, 11) is 0. The number of hydrogen-bond donors (Lipinski definition) is 0. The second kappa shape index (κ2) is 5.97. The van der Waals surface area contributed by atoms with Gasteiger partial charge in [-0.05, 0) is 30.3 Å². The van der Waals surface area contributed by atoms with Crippen molar-refractivity contribution in [2.75, 3.05) is 13.2 Å². The van der Waals surface area contributed by atoms with E-state index in [-0.39, 0.29) is 0 Å². The number of benzene rings is 1. The zero-order valence-corrected chi connectivity index (χ0v) is 11.4. The Labute approximate surface area is 117 Å². The molecule has 0 unspecified atom stereocenters. The number of pyridine rings is 1. The summed E-state index contributed by atoms with van der Waals surface area (Å²) < 4.78 is 11.3. The fraction of sp³-hybridized carbons (Fsp3) is 0.267. The van der Waals surface area contributed by atoms with Crippen molar-refractivity contribution in [1.82, 2.24) is 4.98 Å². The lowest BCUT2D eigenvalue weighted by molar-refractivity contribution is 0.297. The van der Waals surface area contributed by atoms with Gasteiger partial charge in [-0.2, -0.15) is 0 Å². The topological polar surface area (TPSA) is 31.4 Å². The van der Waals surface area contributed by atoms with E-state index in [1.807, 2.05) is 36.5 Å². The van der Waals surface area contributed by atoms with Crippen LogP contribution in [0.2, 0.25) is 0 Å². The van der Waals surface area contributed by atoms with Gasteiger partial charge in [-0.25, -0.2) is 0 Å². The van der Waals surface area contributed by atoms with Gasteiger partial charge in [-0.15, -0.1) is 11.8 Å². The normalized spacial score (nSPS) is 13.9. The van der Waals surface area contributed by atoms with Crippen LogP contribution in [-0.4, -0.2) is 18.2 Å². The Morgan fingerprint density at radius 2 is 1.95 bits per heavy atom. The molecule has 3 nitrogen and oxygen atoms in total. The van der Waals surface area contributed by atoms with Gasteiger partial charge in [0.15, 0.2) is 11.5 Å². The van der Waals surface area contributed by atoms with Crippen LogP contribution in [0, 0.1) is 0 Å². The zero-order chi connectivity index (χ0) is 12.9. The molecule has 2 heterocycles. The van der Waals surface area contributed by atoms with E-state index in [4.69, 9.17) is 9.47 Å². The maximum Gasteiger partial charge on any atom is 0.162 e. The van der Waals surface area contributed by atoms with Crippen LogP contribution in [0.15, 0.2) is 47.5 Å². The molecular weight excluding hydrogens is 258 g/mol. The summed E-state index contributed by atoms with van der Waals surface area (Å²) in [6.07, 6.45) is 2.76.